The summed E-state index contributed by atoms with van der Waals surface area (Å²) in [5.41, 5.74) is 5.76. The fourth-order valence-corrected chi connectivity index (χ4v) is 5.30. The van der Waals surface area contributed by atoms with Crippen molar-refractivity contribution in [2.24, 2.45) is 17.1 Å². The molecule has 0 radical (unpaired) electrons. The van der Waals surface area contributed by atoms with Crippen LogP contribution in [0.15, 0.2) is 0 Å². The van der Waals surface area contributed by atoms with Crippen molar-refractivity contribution in [2.45, 2.75) is 25.7 Å². The third-order valence-electron chi connectivity index (χ3n) is 3.80. The van der Waals surface area contributed by atoms with Crippen LogP contribution in [0.3, 0.4) is 0 Å². The van der Waals surface area contributed by atoms with E-state index >= 15 is 0 Å². The van der Waals surface area contributed by atoms with Crippen LogP contribution in [-0.4, -0.2) is 26.5 Å². The molecule has 76 valence electrons. The Balaban J connectivity index is 2.22. The monoisotopic (exact) mass is 203 g/mol. The number of sulfone groups is 1. The van der Waals surface area contributed by atoms with Gasteiger partial charge in [-0.15, -0.1) is 0 Å². The molecule has 2 atom stereocenters. The van der Waals surface area contributed by atoms with Crippen molar-refractivity contribution in [3.63, 3.8) is 0 Å². The van der Waals surface area contributed by atoms with E-state index < -0.39 is 9.84 Å². The van der Waals surface area contributed by atoms with E-state index in [2.05, 4.69) is 0 Å². The molecule has 1 saturated heterocycles. The third-order valence-corrected chi connectivity index (χ3v) is 5.64. The van der Waals surface area contributed by atoms with E-state index in [1.807, 2.05) is 0 Å². The normalized spacial score (nSPS) is 43.0. The van der Waals surface area contributed by atoms with Crippen molar-refractivity contribution >= 4 is 9.84 Å². The second kappa shape index (κ2) is 2.95. The predicted molar refractivity (Wildman–Crippen MR) is 52.1 cm³/mol. The SMILES string of the molecule is NCC1CCCC12CCS(=O)(=O)C2. The topological polar surface area (TPSA) is 60.2 Å². The molecular weight excluding hydrogens is 186 g/mol. The van der Waals surface area contributed by atoms with Crippen LogP contribution in [0.2, 0.25) is 0 Å². The van der Waals surface area contributed by atoms with Gasteiger partial charge >= 0.3 is 0 Å². The van der Waals surface area contributed by atoms with Crippen molar-refractivity contribution in [2.75, 3.05) is 18.1 Å². The molecule has 0 aromatic rings. The number of hydrogen-bond donors (Lipinski definition) is 1. The zero-order chi connectivity index (χ0) is 9.53. The minimum absolute atomic E-state index is 0.0770. The molecule has 4 heteroatoms. The molecule has 13 heavy (non-hydrogen) atoms. The Morgan fingerprint density at radius 1 is 1.38 bits per heavy atom. The summed E-state index contributed by atoms with van der Waals surface area (Å²) < 4.78 is 22.8. The van der Waals surface area contributed by atoms with Crippen molar-refractivity contribution in [3.8, 4) is 0 Å². The van der Waals surface area contributed by atoms with E-state index in [-0.39, 0.29) is 5.41 Å². The van der Waals surface area contributed by atoms with Crippen molar-refractivity contribution in [1.82, 2.24) is 0 Å². The second-order valence-electron chi connectivity index (χ2n) is 4.53. The van der Waals surface area contributed by atoms with Crippen LogP contribution in [0.1, 0.15) is 25.7 Å². The highest BCUT2D eigenvalue weighted by molar-refractivity contribution is 7.91. The number of nitrogens with two attached hydrogens (primary N) is 1. The lowest BCUT2D eigenvalue weighted by Crippen LogP contribution is -2.32. The minimum atomic E-state index is -2.74. The van der Waals surface area contributed by atoms with E-state index in [0.717, 1.165) is 25.7 Å². The van der Waals surface area contributed by atoms with Gasteiger partial charge in [-0.2, -0.15) is 0 Å². The molecule has 1 aliphatic heterocycles. The second-order valence-corrected chi connectivity index (χ2v) is 6.71. The molecule has 0 amide bonds. The molecule has 2 unspecified atom stereocenters. The van der Waals surface area contributed by atoms with Gasteiger partial charge in [0.15, 0.2) is 9.84 Å². The van der Waals surface area contributed by atoms with Gasteiger partial charge in [-0.05, 0) is 37.1 Å². The maximum absolute atomic E-state index is 11.4. The van der Waals surface area contributed by atoms with Gasteiger partial charge in [0.2, 0.25) is 0 Å². The van der Waals surface area contributed by atoms with Crippen molar-refractivity contribution < 1.29 is 8.42 Å². The Bertz CT molecular complexity index is 299. The van der Waals surface area contributed by atoms with Gasteiger partial charge in [-0.1, -0.05) is 6.42 Å². The highest BCUT2D eigenvalue weighted by Gasteiger charge is 2.49. The van der Waals surface area contributed by atoms with Gasteiger partial charge in [-0.25, -0.2) is 8.42 Å². The highest BCUT2D eigenvalue weighted by atomic mass is 32.2. The van der Waals surface area contributed by atoms with E-state index in [9.17, 15) is 8.42 Å². The standard InChI is InChI=1S/C9H17NO2S/c10-6-8-2-1-3-9(8)4-5-13(11,12)7-9/h8H,1-7,10H2. The largest absolute Gasteiger partial charge is 0.330 e. The van der Waals surface area contributed by atoms with Crippen molar-refractivity contribution in [1.29, 1.82) is 0 Å². The maximum atomic E-state index is 11.4. The zero-order valence-corrected chi connectivity index (χ0v) is 8.65. The summed E-state index contributed by atoms with van der Waals surface area (Å²) in [4.78, 5) is 0. The lowest BCUT2D eigenvalue weighted by atomic mass is 9.77. The first-order valence-electron chi connectivity index (χ1n) is 4.98. The smallest absolute Gasteiger partial charge is 0.150 e. The Morgan fingerprint density at radius 3 is 2.69 bits per heavy atom. The first-order valence-corrected chi connectivity index (χ1v) is 6.81. The maximum Gasteiger partial charge on any atom is 0.150 e. The highest BCUT2D eigenvalue weighted by Crippen LogP contribution is 2.50. The lowest BCUT2D eigenvalue weighted by Gasteiger charge is -2.28. The van der Waals surface area contributed by atoms with Gasteiger partial charge in [0, 0.05) is 0 Å². The third kappa shape index (κ3) is 1.50. The Labute approximate surface area is 79.6 Å². The molecule has 1 saturated carbocycles. The van der Waals surface area contributed by atoms with E-state index in [4.69, 9.17) is 5.73 Å². The molecule has 2 rings (SSSR count). The van der Waals surface area contributed by atoms with Gasteiger partial charge in [0.05, 0.1) is 11.5 Å². The molecule has 3 nitrogen and oxygen atoms in total. The van der Waals surface area contributed by atoms with Gasteiger partial charge in [0.1, 0.15) is 0 Å². The van der Waals surface area contributed by atoms with Crippen LogP contribution >= 0.6 is 0 Å². The van der Waals surface area contributed by atoms with Crippen LogP contribution in [-0.2, 0) is 9.84 Å². The molecule has 2 N–H and O–H groups in total. The fraction of sp³-hybridized carbons (Fsp3) is 1.00. The molecule has 1 spiro atoms. The van der Waals surface area contributed by atoms with E-state index in [1.54, 1.807) is 0 Å². The molecule has 0 aromatic heterocycles. The summed E-state index contributed by atoms with van der Waals surface area (Å²) >= 11 is 0. The average Bonchev–Trinajstić information content (AvgIpc) is 2.57. The van der Waals surface area contributed by atoms with Crippen molar-refractivity contribution in [3.05, 3.63) is 0 Å². The first-order chi connectivity index (χ1) is 6.08. The Kier molecular flexibility index (Phi) is 2.15. The molecule has 0 bridgehead atoms. The quantitative estimate of drug-likeness (QED) is 0.677. The Morgan fingerprint density at radius 2 is 2.15 bits per heavy atom. The predicted octanol–water partition coefficient (Wildman–Crippen LogP) is 0.550. The Hall–Kier alpha value is -0.0900. The molecule has 1 heterocycles. The number of hydrogen-bond acceptors (Lipinski definition) is 3. The molecular formula is C9H17NO2S. The van der Waals surface area contributed by atoms with Gasteiger partial charge in [-0.3, -0.25) is 0 Å². The van der Waals surface area contributed by atoms with Crippen LogP contribution in [0, 0.1) is 11.3 Å². The lowest BCUT2D eigenvalue weighted by molar-refractivity contribution is 0.244. The van der Waals surface area contributed by atoms with Gasteiger partial charge < -0.3 is 5.73 Å². The summed E-state index contributed by atoms with van der Waals surface area (Å²) in [6, 6.07) is 0. The van der Waals surface area contributed by atoms with E-state index in [1.165, 1.54) is 0 Å². The minimum Gasteiger partial charge on any atom is -0.330 e. The summed E-state index contributed by atoms with van der Waals surface area (Å²) in [6.07, 6.45) is 4.23. The summed E-state index contributed by atoms with van der Waals surface area (Å²) in [5.74, 6) is 1.26. The average molecular weight is 203 g/mol. The number of rotatable bonds is 1. The van der Waals surface area contributed by atoms with Crippen LogP contribution in [0.4, 0.5) is 0 Å². The molecule has 1 aliphatic carbocycles. The zero-order valence-electron chi connectivity index (χ0n) is 7.83. The van der Waals surface area contributed by atoms with Crippen LogP contribution in [0.5, 0.6) is 0 Å². The summed E-state index contributed by atoms with van der Waals surface area (Å²) in [7, 11) is -2.74. The van der Waals surface area contributed by atoms with E-state index in [0.29, 0.717) is 24.0 Å². The fourth-order valence-electron chi connectivity index (χ4n) is 3.04. The molecule has 0 aromatic carbocycles. The van der Waals surface area contributed by atoms with Crippen LogP contribution in [0.25, 0.3) is 0 Å². The summed E-state index contributed by atoms with van der Waals surface area (Å²) in [6.45, 7) is 0.662. The first kappa shape index (κ1) is 9.46. The van der Waals surface area contributed by atoms with Crippen LogP contribution < -0.4 is 5.73 Å². The summed E-state index contributed by atoms with van der Waals surface area (Å²) in [5, 5.41) is 0. The van der Waals surface area contributed by atoms with Gasteiger partial charge in [0.25, 0.3) is 0 Å². The molecule has 2 fully saturated rings. The molecule has 2 aliphatic rings.